The van der Waals surface area contributed by atoms with Gasteiger partial charge in [-0.15, -0.1) is 0 Å². The topological polar surface area (TPSA) is 66.5 Å². The third-order valence-corrected chi connectivity index (χ3v) is 4.89. The zero-order valence-electron chi connectivity index (χ0n) is 15.0. The summed E-state index contributed by atoms with van der Waals surface area (Å²) < 4.78 is 41.4. The number of hydrogen-bond donors (Lipinski definition) is 1. The summed E-state index contributed by atoms with van der Waals surface area (Å²) in [6.45, 7) is 2.62. The first-order valence-corrected chi connectivity index (χ1v) is 8.83. The molecule has 8 heteroatoms. The lowest BCUT2D eigenvalue weighted by atomic mass is 9.95. The molecular formula is C20H16F3N5. The van der Waals surface area contributed by atoms with Gasteiger partial charge in [0.25, 0.3) is 0 Å². The molecule has 142 valence electrons. The van der Waals surface area contributed by atoms with Gasteiger partial charge in [0.15, 0.2) is 0 Å². The molecule has 0 spiro atoms. The molecule has 5 nitrogen and oxygen atoms in total. The zero-order valence-corrected chi connectivity index (χ0v) is 15.0. The number of benzene rings is 1. The molecule has 0 bridgehead atoms. The minimum atomic E-state index is -4.45. The van der Waals surface area contributed by atoms with E-state index >= 15 is 0 Å². The molecule has 0 aliphatic carbocycles. The summed E-state index contributed by atoms with van der Waals surface area (Å²) in [6.07, 6.45) is 1.56. The first-order chi connectivity index (χ1) is 13.4. The van der Waals surface area contributed by atoms with Crippen LogP contribution in [-0.4, -0.2) is 21.1 Å². The van der Waals surface area contributed by atoms with Crippen LogP contribution in [0.3, 0.4) is 0 Å². The standard InChI is InChI=1S/C20H16F3N5/c1-2-12-3-4-14(20(21,22)23)7-16(12)17-10-28(9-13(17)8-24)19-15-5-6-25-18(15)26-11-27-19/h3-4,7,9-11H,2,5-6H2,1H3,(H,25,26,27). The second-order valence-corrected chi connectivity index (χ2v) is 6.53. The predicted octanol–water partition coefficient (Wildman–Crippen LogP) is 4.36. The van der Waals surface area contributed by atoms with Crippen molar-refractivity contribution in [1.82, 2.24) is 14.5 Å². The van der Waals surface area contributed by atoms with Gasteiger partial charge in [-0.2, -0.15) is 18.4 Å². The van der Waals surface area contributed by atoms with E-state index in [1.54, 1.807) is 17.0 Å². The van der Waals surface area contributed by atoms with Crippen LogP contribution < -0.4 is 5.32 Å². The van der Waals surface area contributed by atoms with E-state index in [2.05, 4.69) is 21.4 Å². The lowest BCUT2D eigenvalue weighted by Gasteiger charge is -2.12. The van der Waals surface area contributed by atoms with Crippen LogP contribution in [0.4, 0.5) is 19.0 Å². The van der Waals surface area contributed by atoms with Crippen LogP contribution in [-0.2, 0) is 19.0 Å². The third-order valence-electron chi connectivity index (χ3n) is 4.89. The largest absolute Gasteiger partial charge is 0.416 e. The fraction of sp³-hybridized carbons (Fsp3) is 0.250. The molecule has 3 heterocycles. The van der Waals surface area contributed by atoms with E-state index in [0.717, 1.165) is 42.0 Å². The van der Waals surface area contributed by atoms with Gasteiger partial charge in [-0.05, 0) is 36.1 Å². The minimum absolute atomic E-state index is 0.298. The van der Waals surface area contributed by atoms with Crippen molar-refractivity contribution >= 4 is 5.82 Å². The molecule has 0 unspecified atom stereocenters. The van der Waals surface area contributed by atoms with Crippen LogP contribution in [0.15, 0.2) is 36.9 Å². The Morgan fingerprint density at radius 3 is 2.75 bits per heavy atom. The highest BCUT2D eigenvalue weighted by Crippen LogP contribution is 2.36. The Kier molecular flexibility index (Phi) is 4.30. The van der Waals surface area contributed by atoms with Gasteiger partial charge in [-0.1, -0.05) is 13.0 Å². The van der Waals surface area contributed by atoms with Gasteiger partial charge < -0.3 is 9.88 Å². The summed E-state index contributed by atoms with van der Waals surface area (Å²) in [6, 6.07) is 5.77. The molecule has 0 radical (unpaired) electrons. The average Bonchev–Trinajstić information content (AvgIpc) is 3.33. The minimum Gasteiger partial charge on any atom is -0.369 e. The van der Waals surface area contributed by atoms with E-state index in [-0.39, 0.29) is 0 Å². The molecule has 0 atom stereocenters. The normalized spacial score (nSPS) is 13.1. The van der Waals surface area contributed by atoms with Crippen molar-refractivity contribution in [3.8, 4) is 23.0 Å². The number of fused-ring (bicyclic) bond motifs is 1. The fourth-order valence-corrected chi connectivity index (χ4v) is 3.51. The molecule has 0 saturated heterocycles. The summed E-state index contributed by atoms with van der Waals surface area (Å²) in [5.41, 5.74) is 2.11. The highest BCUT2D eigenvalue weighted by Gasteiger charge is 2.31. The molecule has 0 amide bonds. The van der Waals surface area contributed by atoms with E-state index < -0.39 is 11.7 Å². The van der Waals surface area contributed by atoms with Crippen LogP contribution in [0.25, 0.3) is 16.9 Å². The molecule has 1 aliphatic rings. The number of aryl methyl sites for hydroxylation is 1. The van der Waals surface area contributed by atoms with Gasteiger partial charge in [0.2, 0.25) is 0 Å². The van der Waals surface area contributed by atoms with Crippen LogP contribution in [0.5, 0.6) is 0 Å². The Morgan fingerprint density at radius 2 is 2.04 bits per heavy atom. The molecule has 3 aromatic rings. The molecule has 1 aromatic carbocycles. The maximum Gasteiger partial charge on any atom is 0.416 e. The van der Waals surface area contributed by atoms with Crippen molar-refractivity contribution in [2.75, 3.05) is 11.9 Å². The maximum atomic E-state index is 13.2. The first kappa shape index (κ1) is 18.0. The number of nitriles is 1. The van der Waals surface area contributed by atoms with Gasteiger partial charge in [0, 0.05) is 30.1 Å². The molecule has 1 aliphatic heterocycles. The second-order valence-electron chi connectivity index (χ2n) is 6.53. The molecule has 4 rings (SSSR count). The fourth-order valence-electron chi connectivity index (χ4n) is 3.51. The van der Waals surface area contributed by atoms with Crippen molar-refractivity contribution in [3.63, 3.8) is 0 Å². The van der Waals surface area contributed by atoms with Crippen molar-refractivity contribution in [2.24, 2.45) is 0 Å². The Morgan fingerprint density at radius 1 is 1.21 bits per heavy atom. The monoisotopic (exact) mass is 383 g/mol. The maximum absolute atomic E-state index is 13.2. The van der Waals surface area contributed by atoms with Crippen molar-refractivity contribution < 1.29 is 13.2 Å². The third kappa shape index (κ3) is 2.99. The Balaban J connectivity index is 1.89. The molecule has 2 aromatic heterocycles. The van der Waals surface area contributed by atoms with Crippen LogP contribution in [0.1, 0.15) is 29.2 Å². The van der Waals surface area contributed by atoms with Crippen LogP contribution >= 0.6 is 0 Å². The highest BCUT2D eigenvalue weighted by atomic mass is 19.4. The number of halogens is 3. The summed E-state index contributed by atoms with van der Waals surface area (Å²) in [5.74, 6) is 1.37. The Labute approximate surface area is 159 Å². The number of nitrogens with zero attached hydrogens (tertiary/aromatic N) is 4. The van der Waals surface area contributed by atoms with E-state index in [9.17, 15) is 18.4 Å². The van der Waals surface area contributed by atoms with Gasteiger partial charge in [0.1, 0.15) is 24.0 Å². The molecule has 28 heavy (non-hydrogen) atoms. The molecule has 1 N–H and O–H groups in total. The molecular weight excluding hydrogens is 367 g/mol. The smallest absolute Gasteiger partial charge is 0.369 e. The van der Waals surface area contributed by atoms with E-state index in [4.69, 9.17) is 0 Å². The zero-order chi connectivity index (χ0) is 19.9. The average molecular weight is 383 g/mol. The summed E-state index contributed by atoms with van der Waals surface area (Å²) >= 11 is 0. The second kappa shape index (κ2) is 6.68. The number of alkyl halides is 3. The van der Waals surface area contributed by atoms with E-state index in [0.29, 0.717) is 28.9 Å². The van der Waals surface area contributed by atoms with Crippen molar-refractivity contribution in [2.45, 2.75) is 25.9 Å². The highest BCUT2D eigenvalue weighted by molar-refractivity contribution is 5.75. The number of hydrogen-bond acceptors (Lipinski definition) is 4. The van der Waals surface area contributed by atoms with Gasteiger partial charge in [0.05, 0.1) is 11.1 Å². The number of anilines is 1. The van der Waals surface area contributed by atoms with Gasteiger partial charge in [-0.3, -0.25) is 0 Å². The summed E-state index contributed by atoms with van der Waals surface area (Å²) in [5, 5.41) is 12.8. The Hall–Kier alpha value is -3.34. The summed E-state index contributed by atoms with van der Waals surface area (Å²) in [7, 11) is 0. The van der Waals surface area contributed by atoms with E-state index in [1.807, 2.05) is 6.92 Å². The first-order valence-electron chi connectivity index (χ1n) is 8.83. The Bertz CT molecular complexity index is 1090. The van der Waals surface area contributed by atoms with Gasteiger partial charge in [-0.25, -0.2) is 9.97 Å². The number of aromatic nitrogens is 3. The van der Waals surface area contributed by atoms with E-state index in [1.165, 1.54) is 12.4 Å². The molecule has 0 fully saturated rings. The number of rotatable bonds is 3. The lowest BCUT2D eigenvalue weighted by Crippen LogP contribution is -2.05. The van der Waals surface area contributed by atoms with Gasteiger partial charge >= 0.3 is 6.18 Å². The van der Waals surface area contributed by atoms with Crippen LogP contribution in [0, 0.1) is 11.3 Å². The van der Waals surface area contributed by atoms with Crippen molar-refractivity contribution in [1.29, 1.82) is 5.26 Å². The quantitative estimate of drug-likeness (QED) is 0.730. The van der Waals surface area contributed by atoms with Crippen molar-refractivity contribution in [3.05, 3.63) is 59.2 Å². The molecule has 0 saturated carbocycles. The SMILES string of the molecule is CCc1ccc(C(F)(F)F)cc1-c1cn(-c2ncnc3c2CCN3)cc1C#N. The lowest BCUT2D eigenvalue weighted by molar-refractivity contribution is -0.137. The predicted molar refractivity (Wildman–Crippen MR) is 98.1 cm³/mol. The number of nitrogens with one attached hydrogen (secondary N) is 1. The summed E-state index contributed by atoms with van der Waals surface area (Å²) in [4.78, 5) is 8.52. The van der Waals surface area contributed by atoms with Crippen LogP contribution in [0.2, 0.25) is 0 Å².